The number of hydrogen-bond acceptors (Lipinski definition) is 5. The van der Waals surface area contributed by atoms with Gasteiger partial charge in [-0.15, -0.1) is 0 Å². The molecule has 0 aliphatic heterocycles. The van der Waals surface area contributed by atoms with Crippen LogP contribution in [-0.4, -0.2) is 16.6 Å². The van der Waals surface area contributed by atoms with Crippen LogP contribution in [0.1, 0.15) is 33.3 Å². The Morgan fingerprint density at radius 3 is 2.37 bits per heavy atom. The fourth-order valence-electron chi connectivity index (χ4n) is 2.66. The van der Waals surface area contributed by atoms with Crippen molar-refractivity contribution in [3.05, 3.63) is 66.4 Å². The first-order valence-electron chi connectivity index (χ1n) is 9.15. The summed E-state index contributed by atoms with van der Waals surface area (Å²) in [5.74, 6) is 2.04. The zero-order chi connectivity index (χ0) is 19.3. The number of para-hydroxylation sites is 2. The molecule has 0 unspecified atom stereocenters. The van der Waals surface area contributed by atoms with Crippen LogP contribution in [0, 0.1) is 0 Å². The molecule has 5 nitrogen and oxygen atoms in total. The van der Waals surface area contributed by atoms with Gasteiger partial charge in [0.2, 0.25) is 5.95 Å². The van der Waals surface area contributed by atoms with Crippen molar-refractivity contribution in [3.8, 4) is 5.75 Å². The number of hydrogen-bond donors (Lipinski definition) is 2. The third-order valence-electron chi connectivity index (χ3n) is 4.11. The van der Waals surface area contributed by atoms with Crippen molar-refractivity contribution in [2.24, 2.45) is 0 Å². The Hall–Kier alpha value is -3.08. The highest BCUT2D eigenvalue weighted by molar-refractivity contribution is 5.65. The average molecular weight is 362 g/mol. The van der Waals surface area contributed by atoms with E-state index in [0.717, 1.165) is 17.1 Å². The summed E-state index contributed by atoms with van der Waals surface area (Å²) < 4.78 is 5.65. The lowest BCUT2D eigenvalue weighted by molar-refractivity contribution is 0.342. The van der Waals surface area contributed by atoms with E-state index in [2.05, 4.69) is 65.6 Å². The predicted molar refractivity (Wildman–Crippen MR) is 111 cm³/mol. The molecule has 0 radical (unpaired) electrons. The number of benzene rings is 2. The summed E-state index contributed by atoms with van der Waals surface area (Å²) in [6.45, 7) is 9.18. The monoisotopic (exact) mass is 362 g/mol. The minimum absolute atomic E-state index is 0.132. The van der Waals surface area contributed by atoms with Crippen molar-refractivity contribution in [2.75, 3.05) is 17.2 Å². The topological polar surface area (TPSA) is 59.1 Å². The molecule has 140 valence electrons. The molecular formula is C22H26N4O. The second-order valence-electron chi connectivity index (χ2n) is 7.27. The molecule has 0 fully saturated rings. The lowest BCUT2D eigenvalue weighted by Gasteiger charge is -2.19. The Kier molecular flexibility index (Phi) is 5.60. The molecule has 0 saturated heterocycles. The number of rotatable bonds is 6. The highest BCUT2D eigenvalue weighted by Crippen LogP contribution is 2.27. The van der Waals surface area contributed by atoms with Gasteiger partial charge in [-0.2, -0.15) is 4.98 Å². The molecule has 1 heterocycles. The van der Waals surface area contributed by atoms with Gasteiger partial charge in [0.15, 0.2) is 0 Å². The van der Waals surface area contributed by atoms with E-state index in [1.165, 1.54) is 5.56 Å². The predicted octanol–water partition coefficient (Wildman–Crippen LogP) is 5.66. The number of ether oxygens (including phenoxy) is 1. The number of nitrogens with zero attached hydrogens (tertiary/aromatic N) is 2. The van der Waals surface area contributed by atoms with Gasteiger partial charge in [-0.25, -0.2) is 4.98 Å². The highest BCUT2D eigenvalue weighted by atomic mass is 16.5. The Labute approximate surface area is 160 Å². The molecule has 1 aromatic heterocycles. The van der Waals surface area contributed by atoms with Crippen LogP contribution in [0.3, 0.4) is 0 Å². The van der Waals surface area contributed by atoms with Gasteiger partial charge in [0, 0.05) is 11.9 Å². The molecule has 3 rings (SSSR count). The number of nitrogens with one attached hydrogen (secondary N) is 2. The van der Waals surface area contributed by atoms with Gasteiger partial charge in [-0.3, -0.25) is 0 Å². The maximum absolute atomic E-state index is 5.65. The van der Waals surface area contributed by atoms with E-state index in [0.29, 0.717) is 18.4 Å². The van der Waals surface area contributed by atoms with Crippen LogP contribution in [0.25, 0.3) is 0 Å². The van der Waals surface area contributed by atoms with Crippen molar-refractivity contribution in [3.63, 3.8) is 0 Å². The smallest absolute Gasteiger partial charge is 0.229 e. The first-order valence-corrected chi connectivity index (χ1v) is 9.15. The van der Waals surface area contributed by atoms with Crippen molar-refractivity contribution in [2.45, 2.75) is 33.1 Å². The molecule has 3 aromatic rings. The molecule has 0 aliphatic carbocycles. The molecule has 5 heteroatoms. The molecule has 0 amide bonds. The summed E-state index contributed by atoms with van der Waals surface area (Å²) >= 11 is 0. The Bertz CT molecular complexity index is 885. The fraction of sp³-hybridized carbons (Fsp3) is 0.273. The summed E-state index contributed by atoms with van der Waals surface area (Å²) in [7, 11) is 0. The van der Waals surface area contributed by atoms with E-state index in [9.17, 15) is 0 Å². The number of aromatic nitrogens is 2. The van der Waals surface area contributed by atoms with E-state index < -0.39 is 0 Å². The normalized spacial score (nSPS) is 11.1. The molecule has 0 bridgehead atoms. The maximum Gasteiger partial charge on any atom is 0.229 e. The fourth-order valence-corrected chi connectivity index (χ4v) is 2.66. The number of anilines is 4. The first kappa shape index (κ1) is 18.7. The van der Waals surface area contributed by atoms with Crippen LogP contribution < -0.4 is 15.4 Å². The third-order valence-corrected chi connectivity index (χ3v) is 4.11. The van der Waals surface area contributed by atoms with Gasteiger partial charge in [0.1, 0.15) is 11.6 Å². The van der Waals surface area contributed by atoms with E-state index >= 15 is 0 Å². The molecule has 0 aliphatic rings. The SMILES string of the molecule is CCOc1ccccc1Nc1ccnc(Nc2ccc(C(C)(C)C)cc2)n1. The van der Waals surface area contributed by atoms with Crippen LogP contribution in [0.2, 0.25) is 0 Å². The third kappa shape index (κ3) is 4.97. The van der Waals surface area contributed by atoms with E-state index in [4.69, 9.17) is 4.74 Å². The second-order valence-corrected chi connectivity index (χ2v) is 7.27. The van der Waals surface area contributed by atoms with Gasteiger partial charge in [-0.05, 0) is 48.2 Å². The first-order chi connectivity index (χ1) is 13.0. The maximum atomic E-state index is 5.65. The summed E-state index contributed by atoms with van der Waals surface area (Å²) in [4.78, 5) is 8.86. The Balaban J connectivity index is 1.74. The molecule has 0 spiro atoms. The zero-order valence-corrected chi connectivity index (χ0v) is 16.3. The van der Waals surface area contributed by atoms with E-state index in [1.807, 2.05) is 37.3 Å². The minimum Gasteiger partial charge on any atom is -0.492 e. The van der Waals surface area contributed by atoms with Gasteiger partial charge in [-0.1, -0.05) is 45.0 Å². The zero-order valence-electron chi connectivity index (χ0n) is 16.3. The van der Waals surface area contributed by atoms with Crippen molar-refractivity contribution >= 4 is 23.1 Å². The molecule has 0 atom stereocenters. The van der Waals surface area contributed by atoms with Crippen LogP contribution in [0.5, 0.6) is 5.75 Å². The Morgan fingerprint density at radius 1 is 0.926 bits per heavy atom. The van der Waals surface area contributed by atoms with Gasteiger partial charge >= 0.3 is 0 Å². The molecule has 2 aromatic carbocycles. The summed E-state index contributed by atoms with van der Waals surface area (Å²) in [5.41, 5.74) is 3.25. The minimum atomic E-state index is 0.132. The van der Waals surface area contributed by atoms with Crippen LogP contribution >= 0.6 is 0 Å². The average Bonchev–Trinajstić information content (AvgIpc) is 2.64. The molecule has 2 N–H and O–H groups in total. The van der Waals surface area contributed by atoms with Crippen molar-refractivity contribution < 1.29 is 4.74 Å². The van der Waals surface area contributed by atoms with Crippen LogP contribution in [0.15, 0.2) is 60.8 Å². The van der Waals surface area contributed by atoms with Gasteiger partial charge in [0.25, 0.3) is 0 Å². The summed E-state index contributed by atoms with van der Waals surface area (Å²) in [6, 6.07) is 18.0. The van der Waals surface area contributed by atoms with Crippen LogP contribution in [-0.2, 0) is 5.41 Å². The molecule has 0 saturated carbocycles. The van der Waals surface area contributed by atoms with Crippen molar-refractivity contribution in [1.29, 1.82) is 0 Å². The standard InChI is InChI=1S/C22H26N4O/c1-5-27-19-9-7-6-8-18(19)25-20-14-15-23-21(26-20)24-17-12-10-16(11-13-17)22(2,3)4/h6-15H,5H2,1-4H3,(H2,23,24,25,26). The van der Waals surface area contributed by atoms with Gasteiger partial charge < -0.3 is 15.4 Å². The molecular weight excluding hydrogens is 336 g/mol. The lowest BCUT2D eigenvalue weighted by Crippen LogP contribution is -2.10. The van der Waals surface area contributed by atoms with Crippen LogP contribution in [0.4, 0.5) is 23.1 Å². The Morgan fingerprint density at radius 2 is 1.67 bits per heavy atom. The quantitative estimate of drug-likeness (QED) is 0.592. The summed E-state index contributed by atoms with van der Waals surface area (Å²) in [6.07, 6.45) is 1.73. The second kappa shape index (κ2) is 8.08. The largest absolute Gasteiger partial charge is 0.492 e. The van der Waals surface area contributed by atoms with E-state index in [-0.39, 0.29) is 5.41 Å². The lowest BCUT2D eigenvalue weighted by atomic mass is 9.87. The van der Waals surface area contributed by atoms with Gasteiger partial charge in [0.05, 0.1) is 12.3 Å². The van der Waals surface area contributed by atoms with Crippen molar-refractivity contribution in [1.82, 2.24) is 9.97 Å². The van der Waals surface area contributed by atoms with E-state index in [1.54, 1.807) is 6.20 Å². The molecule has 27 heavy (non-hydrogen) atoms. The summed E-state index contributed by atoms with van der Waals surface area (Å²) in [5, 5.41) is 6.55. The highest BCUT2D eigenvalue weighted by Gasteiger charge is 2.13.